The van der Waals surface area contributed by atoms with Gasteiger partial charge < -0.3 is 25.4 Å². The Bertz CT molecular complexity index is 1330. The molecule has 1 amide bonds. The summed E-state index contributed by atoms with van der Waals surface area (Å²) >= 11 is 0. The van der Waals surface area contributed by atoms with Crippen molar-refractivity contribution >= 4 is 34.4 Å². The van der Waals surface area contributed by atoms with E-state index in [0.717, 1.165) is 42.8 Å². The molecule has 35 heavy (non-hydrogen) atoms. The van der Waals surface area contributed by atoms with Crippen molar-refractivity contribution in [1.29, 1.82) is 0 Å². The largest absolute Gasteiger partial charge is 0.367 e. The summed E-state index contributed by atoms with van der Waals surface area (Å²) in [5.41, 5.74) is 3.30. The number of piperazine rings is 1. The Morgan fingerprint density at radius 2 is 1.71 bits per heavy atom. The second-order valence-corrected chi connectivity index (χ2v) is 11.5. The van der Waals surface area contributed by atoms with E-state index in [1.807, 2.05) is 24.5 Å². The number of nitrogens with one attached hydrogen (secondary N) is 3. The molecule has 3 saturated carbocycles. The number of anilines is 3. The van der Waals surface area contributed by atoms with E-state index in [-0.39, 0.29) is 11.4 Å². The van der Waals surface area contributed by atoms with E-state index in [2.05, 4.69) is 36.5 Å². The lowest BCUT2D eigenvalue weighted by atomic mass is 9.94. The van der Waals surface area contributed by atoms with Crippen molar-refractivity contribution in [3.8, 4) is 0 Å². The van der Waals surface area contributed by atoms with E-state index < -0.39 is 0 Å². The minimum absolute atomic E-state index is 0.0267. The van der Waals surface area contributed by atoms with Crippen molar-refractivity contribution in [1.82, 2.24) is 30.2 Å². The minimum Gasteiger partial charge on any atom is -0.367 e. The molecule has 9 nitrogen and oxygen atoms in total. The standard InChI is InChI=1S/C26H30N8O/c35-22-19-11-17-12-28-23(31-21(17)34(19)26(14-29-22)5-1-2-6-26)30-20-4-3-18(13-27-20)33-15-24(7-8-24)32-25(16-33)9-10-25/h3-4,11-13,32H,1-2,5-10,14-16H2,(H,29,35)(H,27,28,30,31). The number of carbonyl (C=O) groups is 1. The maximum Gasteiger partial charge on any atom is 0.268 e. The molecule has 5 aliphatic rings. The van der Waals surface area contributed by atoms with Gasteiger partial charge >= 0.3 is 0 Å². The lowest BCUT2D eigenvalue weighted by molar-refractivity contribution is 0.0876. The normalized spacial score (nSPS) is 24.7. The SMILES string of the molecule is O=C1NCC2(CCCC2)n2c1cc1cnc(Nc3ccc(N4CC5(CC5)NC5(CC5)C4)cn3)nc12. The highest BCUT2D eigenvalue weighted by atomic mass is 16.2. The first-order valence-corrected chi connectivity index (χ1v) is 13.0. The first-order chi connectivity index (χ1) is 17.0. The Balaban J connectivity index is 1.08. The van der Waals surface area contributed by atoms with Crippen LogP contribution in [-0.4, -0.2) is 56.1 Å². The van der Waals surface area contributed by atoms with Crippen LogP contribution in [0.4, 0.5) is 17.5 Å². The number of aromatic nitrogens is 4. The molecule has 5 heterocycles. The van der Waals surface area contributed by atoms with Crippen LogP contribution in [0.25, 0.3) is 11.0 Å². The molecule has 0 aromatic carbocycles. The van der Waals surface area contributed by atoms with Gasteiger partial charge in [0.2, 0.25) is 5.95 Å². The third-order valence-electron chi connectivity index (χ3n) is 8.94. The van der Waals surface area contributed by atoms with Gasteiger partial charge in [-0.1, -0.05) is 12.8 Å². The molecule has 0 atom stereocenters. The first kappa shape index (κ1) is 20.0. The van der Waals surface area contributed by atoms with Gasteiger partial charge in [-0.2, -0.15) is 4.98 Å². The van der Waals surface area contributed by atoms with E-state index >= 15 is 0 Å². The summed E-state index contributed by atoms with van der Waals surface area (Å²) in [5.74, 6) is 1.21. The molecular formula is C26H30N8O. The molecule has 3 spiro atoms. The number of carbonyl (C=O) groups excluding carboxylic acids is 1. The number of rotatable bonds is 3. The van der Waals surface area contributed by atoms with Gasteiger partial charge in [-0.25, -0.2) is 9.97 Å². The molecule has 3 aromatic heterocycles. The van der Waals surface area contributed by atoms with E-state index in [0.29, 0.717) is 29.3 Å². The number of nitrogens with zero attached hydrogens (tertiary/aromatic N) is 5. The van der Waals surface area contributed by atoms with Crippen molar-refractivity contribution in [2.24, 2.45) is 0 Å². The molecule has 8 rings (SSSR count). The number of hydrogen-bond acceptors (Lipinski definition) is 7. The molecule has 2 aliphatic heterocycles. The molecule has 0 bridgehead atoms. The average molecular weight is 471 g/mol. The Labute approximate surface area is 203 Å². The summed E-state index contributed by atoms with van der Waals surface area (Å²) in [6, 6.07) is 6.10. The van der Waals surface area contributed by atoms with Gasteiger partial charge in [-0.3, -0.25) is 4.79 Å². The van der Waals surface area contributed by atoms with Crippen molar-refractivity contribution < 1.29 is 4.79 Å². The minimum atomic E-state index is -0.0718. The molecule has 9 heteroatoms. The Morgan fingerprint density at radius 1 is 0.943 bits per heavy atom. The van der Waals surface area contributed by atoms with Crippen molar-refractivity contribution in [3.05, 3.63) is 36.3 Å². The Kier molecular flexibility index (Phi) is 3.85. The van der Waals surface area contributed by atoms with Crippen molar-refractivity contribution in [2.45, 2.75) is 68.0 Å². The number of amides is 1. The van der Waals surface area contributed by atoms with Crippen LogP contribution in [0.2, 0.25) is 0 Å². The molecule has 3 aromatic rings. The molecule has 0 radical (unpaired) electrons. The third kappa shape index (κ3) is 3.10. The summed E-state index contributed by atoms with van der Waals surface area (Å²) in [7, 11) is 0. The highest BCUT2D eigenvalue weighted by molar-refractivity contribution is 5.99. The average Bonchev–Trinajstić information content (AvgIpc) is 3.67. The molecule has 180 valence electrons. The lowest BCUT2D eigenvalue weighted by Crippen LogP contribution is -2.60. The smallest absolute Gasteiger partial charge is 0.268 e. The van der Waals surface area contributed by atoms with E-state index in [9.17, 15) is 4.79 Å². The fourth-order valence-electron chi connectivity index (χ4n) is 6.78. The lowest BCUT2D eigenvalue weighted by Gasteiger charge is -2.41. The van der Waals surface area contributed by atoms with Gasteiger partial charge in [0.15, 0.2) is 0 Å². The maximum absolute atomic E-state index is 12.6. The van der Waals surface area contributed by atoms with Gasteiger partial charge in [0, 0.05) is 42.3 Å². The van der Waals surface area contributed by atoms with Gasteiger partial charge in [-0.05, 0) is 56.7 Å². The molecule has 4 fully saturated rings. The Morgan fingerprint density at radius 3 is 2.40 bits per heavy atom. The highest BCUT2D eigenvalue weighted by Crippen LogP contribution is 2.49. The summed E-state index contributed by atoms with van der Waals surface area (Å²) in [6.45, 7) is 2.81. The zero-order valence-corrected chi connectivity index (χ0v) is 19.8. The van der Waals surface area contributed by atoms with E-state index in [4.69, 9.17) is 9.97 Å². The molecule has 1 saturated heterocycles. The summed E-state index contributed by atoms with van der Waals surface area (Å²) in [4.78, 5) is 29.2. The van der Waals surface area contributed by atoms with E-state index in [1.54, 1.807) is 0 Å². The summed E-state index contributed by atoms with van der Waals surface area (Å²) < 4.78 is 2.18. The van der Waals surface area contributed by atoms with Crippen LogP contribution >= 0.6 is 0 Å². The Hall–Kier alpha value is -3.20. The summed E-state index contributed by atoms with van der Waals surface area (Å²) in [5, 5.41) is 11.2. The zero-order chi connectivity index (χ0) is 23.3. The first-order valence-electron chi connectivity index (χ1n) is 13.0. The molecule has 3 aliphatic carbocycles. The van der Waals surface area contributed by atoms with Crippen LogP contribution in [0.15, 0.2) is 30.6 Å². The fourth-order valence-corrected chi connectivity index (χ4v) is 6.78. The van der Waals surface area contributed by atoms with Crippen LogP contribution in [0, 0.1) is 0 Å². The van der Waals surface area contributed by atoms with E-state index in [1.165, 1.54) is 44.2 Å². The predicted molar refractivity (Wildman–Crippen MR) is 133 cm³/mol. The number of fused-ring (bicyclic) bond motifs is 4. The molecule has 3 N–H and O–H groups in total. The van der Waals surface area contributed by atoms with Crippen LogP contribution in [0.1, 0.15) is 61.9 Å². The number of hydrogen-bond donors (Lipinski definition) is 3. The van der Waals surface area contributed by atoms with Crippen LogP contribution < -0.4 is 20.9 Å². The van der Waals surface area contributed by atoms with Gasteiger partial charge in [0.1, 0.15) is 17.2 Å². The molecular weight excluding hydrogens is 440 g/mol. The van der Waals surface area contributed by atoms with Gasteiger partial charge in [-0.15, -0.1) is 0 Å². The van der Waals surface area contributed by atoms with Gasteiger partial charge in [0.25, 0.3) is 5.91 Å². The van der Waals surface area contributed by atoms with Crippen LogP contribution in [-0.2, 0) is 5.54 Å². The van der Waals surface area contributed by atoms with Crippen LogP contribution in [0.5, 0.6) is 0 Å². The zero-order valence-electron chi connectivity index (χ0n) is 19.8. The predicted octanol–water partition coefficient (Wildman–Crippen LogP) is 3.06. The maximum atomic E-state index is 12.6. The third-order valence-corrected chi connectivity index (χ3v) is 8.94. The quantitative estimate of drug-likeness (QED) is 0.541. The van der Waals surface area contributed by atoms with Crippen LogP contribution in [0.3, 0.4) is 0 Å². The number of pyridine rings is 1. The fraction of sp³-hybridized carbons (Fsp3) is 0.538. The molecule has 0 unspecified atom stereocenters. The monoisotopic (exact) mass is 470 g/mol. The summed E-state index contributed by atoms with van der Waals surface area (Å²) in [6.07, 6.45) is 13.4. The second kappa shape index (κ2) is 6.72. The highest BCUT2D eigenvalue weighted by Gasteiger charge is 2.58. The van der Waals surface area contributed by atoms with Gasteiger partial charge in [0.05, 0.1) is 17.4 Å². The second-order valence-electron chi connectivity index (χ2n) is 11.5. The van der Waals surface area contributed by atoms with Crippen molar-refractivity contribution in [3.63, 3.8) is 0 Å². The van der Waals surface area contributed by atoms with Crippen molar-refractivity contribution in [2.75, 3.05) is 29.9 Å². The topological polar surface area (TPSA) is 100 Å².